The Balaban J connectivity index is 2.33. The fourth-order valence-electron chi connectivity index (χ4n) is 1.28. The summed E-state index contributed by atoms with van der Waals surface area (Å²) in [5.74, 6) is 0.816. The number of nitrogens with two attached hydrogens (primary N) is 1. The number of ether oxygens (including phenoxy) is 1. The van der Waals surface area contributed by atoms with E-state index in [0.29, 0.717) is 5.19 Å². The van der Waals surface area contributed by atoms with Crippen LogP contribution in [0.3, 0.4) is 0 Å². The minimum Gasteiger partial charge on any atom is -0.431 e. The van der Waals surface area contributed by atoms with Crippen LogP contribution in [0, 0.1) is 13.8 Å². The number of thiazole rings is 1. The van der Waals surface area contributed by atoms with Crippen molar-refractivity contribution in [1.82, 2.24) is 4.98 Å². The van der Waals surface area contributed by atoms with Crippen molar-refractivity contribution in [3.8, 4) is 10.9 Å². The topological polar surface area (TPSA) is 48.1 Å². The van der Waals surface area contributed by atoms with Crippen molar-refractivity contribution in [2.75, 3.05) is 5.73 Å². The lowest BCUT2D eigenvalue weighted by atomic mass is 10.1. The molecule has 2 rings (SSSR count). The highest BCUT2D eigenvalue weighted by molar-refractivity contribution is 7.11. The van der Waals surface area contributed by atoms with Crippen LogP contribution in [0.5, 0.6) is 10.9 Å². The molecule has 2 N–H and O–H groups in total. The van der Waals surface area contributed by atoms with Gasteiger partial charge in [-0.05, 0) is 37.1 Å². The first kappa shape index (κ1) is 9.98. The summed E-state index contributed by atoms with van der Waals surface area (Å²) >= 11 is 1.47. The Morgan fingerprint density at radius 2 is 2.07 bits per heavy atom. The van der Waals surface area contributed by atoms with Gasteiger partial charge < -0.3 is 10.5 Å². The molecule has 1 aromatic carbocycles. The average molecular weight is 220 g/mol. The maximum Gasteiger partial charge on any atom is 0.278 e. The zero-order valence-corrected chi connectivity index (χ0v) is 9.47. The summed E-state index contributed by atoms with van der Waals surface area (Å²) in [6.45, 7) is 3.93. The second kappa shape index (κ2) is 3.90. The Hall–Kier alpha value is -1.55. The number of hydrogen-bond donors (Lipinski definition) is 1. The molecule has 0 radical (unpaired) electrons. The van der Waals surface area contributed by atoms with Crippen molar-refractivity contribution in [2.24, 2.45) is 0 Å². The van der Waals surface area contributed by atoms with Gasteiger partial charge in [0.1, 0.15) is 5.75 Å². The summed E-state index contributed by atoms with van der Waals surface area (Å²) in [5.41, 5.74) is 8.63. The van der Waals surface area contributed by atoms with Gasteiger partial charge in [-0.25, -0.2) is 4.98 Å². The Bertz CT molecular complexity index is 466. The number of benzene rings is 1. The van der Waals surface area contributed by atoms with E-state index >= 15 is 0 Å². The van der Waals surface area contributed by atoms with Gasteiger partial charge in [-0.15, -0.1) is 0 Å². The molecule has 0 unspecified atom stereocenters. The summed E-state index contributed by atoms with van der Waals surface area (Å²) < 4.78 is 5.64. The highest BCUT2D eigenvalue weighted by Crippen LogP contribution is 2.29. The van der Waals surface area contributed by atoms with Gasteiger partial charge in [0.2, 0.25) is 0 Å². The van der Waals surface area contributed by atoms with Gasteiger partial charge in [0.15, 0.2) is 0 Å². The maximum atomic E-state index is 5.79. The number of nitrogens with zero attached hydrogens (tertiary/aromatic N) is 1. The fourth-order valence-corrected chi connectivity index (χ4v) is 1.77. The molecule has 0 amide bonds. The van der Waals surface area contributed by atoms with Crippen LogP contribution in [0.1, 0.15) is 11.1 Å². The van der Waals surface area contributed by atoms with Crippen LogP contribution < -0.4 is 10.5 Å². The largest absolute Gasteiger partial charge is 0.431 e. The molecule has 4 heteroatoms. The van der Waals surface area contributed by atoms with Crippen molar-refractivity contribution >= 4 is 17.0 Å². The van der Waals surface area contributed by atoms with Gasteiger partial charge >= 0.3 is 0 Å². The first-order valence-corrected chi connectivity index (χ1v) is 5.49. The molecule has 0 aliphatic rings. The third kappa shape index (κ3) is 2.10. The zero-order valence-electron chi connectivity index (χ0n) is 8.65. The van der Waals surface area contributed by atoms with Gasteiger partial charge in [0, 0.05) is 17.3 Å². The quantitative estimate of drug-likeness (QED) is 0.791. The van der Waals surface area contributed by atoms with Crippen molar-refractivity contribution in [3.63, 3.8) is 0 Å². The molecule has 78 valence electrons. The van der Waals surface area contributed by atoms with E-state index in [0.717, 1.165) is 22.6 Å². The van der Waals surface area contributed by atoms with E-state index in [1.807, 2.05) is 31.4 Å². The predicted octanol–water partition coefficient (Wildman–Crippen LogP) is 3.13. The molecule has 0 spiro atoms. The number of aromatic nitrogens is 1. The molecule has 2 aromatic rings. The third-order valence-electron chi connectivity index (χ3n) is 2.17. The summed E-state index contributed by atoms with van der Waals surface area (Å²) in [6.07, 6.45) is 1.72. The highest BCUT2D eigenvalue weighted by Gasteiger charge is 2.05. The minimum absolute atomic E-state index is 0.655. The average Bonchev–Trinajstić information content (AvgIpc) is 2.67. The molecule has 0 saturated carbocycles. The Kier molecular flexibility index (Phi) is 2.60. The van der Waals surface area contributed by atoms with E-state index in [1.165, 1.54) is 11.3 Å². The summed E-state index contributed by atoms with van der Waals surface area (Å²) in [5, 5.41) is 2.54. The van der Waals surface area contributed by atoms with Crippen LogP contribution in [-0.4, -0.2) is 4.98 Å². The molecule has 1 aromatic heterocycles. The smallest absolute Gasteiger partial charge is 0.278 e. The van der Waals surface area contributed by atoms with Crippen LogP contribution in [0.2, 0.25) is 0 Å². The molecular formula is C11H12N2OS. The fraction of sp³-hybridized carbons (Fsp3) is 0.182. The Morgan fingerprint density at radius 1 is 1.27 bits per heavy atom. The van der Waals surface area contributed by atoms with Crippen LogP contribution in [-0.2, 0) is 0 Å². The van der Waals surface area contributed by atoms with Crippen LogP contribution in [0.25, 0.3) is 0 Å². The van der Waals surface area contributed by atoms with Gasteiger partial charge in [-0.1, -0.05) is 11.3 Å². The zero-order chi connectivity index (χ0) is 10.8. The highest BCUT2D eigenvalue weighted by atomic mass is 32.1. The summed E-state index contributed by atoms with van der Waals surface area (Å²) in [4.78, 5) is 4.07. The van der Waals surface area contributed by atoms with Gasteiger partial charge in [0.05, 0.1) is 0 Å². The summed E-state index contributed by atoms with van der Waals surface area (Å²) in [7, 11) is 0. The van der Waals surface area contributed by atoms with Crippen molar-refractivity contribution < 1.29 is 4.74 Å². The van der Waals surface area contributed by atoms with E-state index in [2.05, 4.69) is 4.98 Å². The Morgan fingerprint density at radius 3 is 2.73 bits per heavy atom. The predicted molar refractivity (Wildman–Crippen MR) is 62.5 cm³/mol. The standard InChI is InChI=1S/C11H12N2OS/c1-7-6-10(8(2)5-9(7)12)14-11-13-3-4-15-11/h3-6H,12H2,1-2H3. The molecule has 0 aliphatic carbocycles. The number of nitrogen functional groups attached to an aromatic ring is 1. The van der Waals surface area contributed by atoms with Crippen molar-refractivity contribution in [3.05, 3.63) is 34.8 Å². The number of hydrogen-bond acceptors (Lipinski definition) is 4. The normalized spacial score (nSPS) is 10.3. The second-order valence-corrected chi connectivity index (χ2v) is 4.23. The molecule has 0 saturated heterocycles. The minimum atomic E-state index is 0.655. The molecule has 3 nitrogen and oxygen atoms in total. The molecule has 0 bridgehead atoms. The van der Waals surface area contributed by atoms with Gasteiger partial charge in [0.25, 0.3) is 5.19 Å². The van der Waals surface area contributed by atoms with E-state index < -0.39 is 0 Å². The number of aryl methyl sites for hydroxylation is 2. The number of anilines is 1. The molecular weight excluding hydrogens is 208 g/mol. The van der Waals surface area contributed by atoms with Crippen molar-refractivity contribution in [2.45, 2.75) is 13.8 Å². The summed E-state index contributed by atoms with van der Waals surface area (Å²) in [6, 6.07) is 3.85. The van der Waals surface area contributed by atoms with E-state index in [9.17, 15) is 0 Å². The van der Waals surface area contributed by atoms with Gasteiger partial charge in [-0.2, -0.15) is 0 Å². The number of rotatable bonds is 2. The first-order valence-electron chi connectivity index (χ1n) is 4.61. The molecule has 1 heterocycles. The first-order chi connectivity index (χ1) is 7.16. The lowest BCUT2D eigenvalue weighted by molar-refractivity contribution is 0.475. The van der Waals surface area contributed by atoms with E-state index in [1.54, 1.807) is 6.20 Å². The van der Waals surface area contributed by atoms with Crippen molar-refractivity contribution in [1.29, 1.82) is 0 Å². The SMILES string of the molecule is Cc1cc(Oc2nccs2)c(C)cc1N. The second-order valence-electron chi connectivity index (χ2n) is 3.37. The van der Waals surface area contributed by atoms with E-state index in [-0.39, 0.29) is 0 Å². The third-order valence-corrected chi connectivity index (χ3v) is 2.82. The van der Waals surface area contributed by atoms with Crippen LogP contribution in [0.15, 0.2) is 23.7 Å². The maximum absolute atomic E-state index is 5.79. The Labute approximate surface area is 92.5 Å². The van der Waals surface area contributed by atoms with Crippen LogP contribution in [0.4, 0.5) is 5.69 Å². The lowest BCUT2D eigenvalue weighted by Gasteiger charge is -2.08. The molecule has 15 heavy (non-hydrogen) atoms. The molecule has 0 aliphatic heterocycles. The molecule has 0 atom stereocenters. The molecule has 0 fully saturated rings. The van der Waals surface area contributed by atoms with Crippen LogP contribution >= 0.6 is 11.3 Å². The van der Waals surface area contributed by atoms with Gasteiger partial charge in [-0.3, -0.25) is 0 Å². The monoisotopic (exact) mass is 220 g/mol. The van der Waals surface area contributed by atoms with E-state index in [4.69, 9.17) is 10.5 Å². The lowest BCUT2D eigenvalue weighted by Crippen LogP contribution is -1.93.